The van der Waals surface area contributed by atoms with Gasteiger partial charge in [-0.15, -0.1) is 0 Å². The minimum atomic E-state index is -4.63. The Morgan fingerprint density at radius 3 is 2.26 bits per heavy atom. The van der Waals surface area contributed by atoms with Gasteiger partial charge in [-0.25, -0.2) is 0 Å². The maximum atomic E-state index is 12.7. The molecule has 118 valence electrons. The van der Waals surface area contributed by atoms with E-state index in [0.29, 0.717) is 0 Å². The molecule has 0 radical (unpaired) electrons. The summed E-state index contributed by atoms with van der Waals surface area (Å²) in [6.45, 7) is 1.77. The second-order valence-corrected chi connectivity index (χ2v) is 7.45. The van der Waals surface area contributed by atoms with Gasteiger partial charge in [-0.3, -0.25) is 14.1 Å². The molecule has 0 amide bonds. The number of rotatable bonds is 1. The maximum Gasteiger partial charge on any atom is 0.296 e. The Kier molecular flexibility index (Phi) is 3.44. The number of halogens is 1. The summed E-state index contributed by atoms with van der Waals surface area (Å²) >= 11 is 3.09. The minimum absolute atomic E-state index is 0.00347. The van der Waals surface area contributed by atoms with Crippen LogP contribution in [0.1, 0.15) is 37.4 Å². The van der Waals surface area contributed by atoms with Gasteiger partial charge in [-0.1, -0.05) is 17.7 Å². The van der Waals surface area contributed by atoms with E-state index in [4.69, 9.17) is 5.73 Å². The Labute approximate surface area is 140 Å². The zero-order valence-electron chi connectivity index (χ0n) is 11.8. The van der Waals surface area contributed by atoms with Gasteiger partial charge >= 0.3 is 0 Å². The molecule has 0 saturated heterocycles. The van der Waals surface area contributed by atoms with Crippen LogP contribution in [0.4, 0.5) is 5.69 Å². The number of anilines is 1. The first-order valence-electron chi connectivity index (χ1n) is 6.42. The first kappa shape index (κ1) is 15.9. The van der Waals surface area contributed by atoms with Crippen molar-refractivity contribution in [1.82, 2.24) is 0 Å². The van der Waals surface area contributed by atoms with Crippen LogP contribution in [-0.4, -0.2) is 24.5 Å². The molecule has 3 N–H and O–H groups in total. The Morgan fingerprint density at radius 2 is 1.65 bits per heavy atom. The number of hydrogen-bond donors (Lipinski definition) is 2. The van der Waals surface area contributed by atoms with Crippen LogP contribution in [0, 0.1) is 6.92 Å². The molecule has 0 heterocycles. The Morgan fingerprint density at radius 1 is 1.04 bits per heavy atom. The molecule has 0 aliphatic heterocycles. The van der Waals surface area contributed by atoms with Gasteiger partial charge in [0.1, 0.15) is 4.90 Å². The fourth-order valence-corrected chi connectivity index (χ4v) is 4.03. The molecule has 0 saturated carbocycles. The molecule has 6 nitrogen and oxygen atoms in total. The monoisotopic (exact) mass is 395 g/mol. The number of ketones is 2. The summed E-state index contributed by atoms with van der Waals surface area (Å²) in [4.78, 5) is 24.8. The van der Waals surface area contributed by atoms with Crippen molar-refractivity contribution in [2.75, 3.05) is 5.73 Å². The quantitative estimate of drug-likeness (QED) is 0.482. The van der Waals surface area contributed by atoms with Gasteiger partial charge in [0.05, 0.1) is 16.8 Å². The van der Waals surface area contributed by atoms with Crippen LogP contribution in [-0.2, 0) is 10.1 Å². The number of carbonyl (C=O) groups is 2. The number of carbonyl (C=O) groups excluding carboxylic acids is 2. The summed E-state index contributed by atoms with van der Waals surface area (Å²) in [5.41, 5.74) is 6.29. The third-order valence-electron chi connectivity index (χ3n) is 3.68. The zero-order chi connectivity index (χ0) is 17.1. The van der Waals surface area contributed by atoms with Crippen molar-refractivity contribution in [2.45, 2.75) is 11.8 Å². The van der Waals surface area contributed by atoms with Gasteiger partial charge in [0.25, 0.3) is 10.1 Å². The Hall–Kier alpha value is -2.03. The van der Waals surface area contributed by atoms with Gasteiger partial charge in [0, 0.05) is 15.6 Å². The Bertz CT molecular complexity index is 1010. The molecule has 2 aromatic rings. The first-order chi connectivity index (χ1) is 10.6. The van der Waals surface area contributed by atoms with Crippen LogP contribution in [0.5, 0.6) is 0 Å². The fraction of sp³-hybridized carbons (Fsp3) is 0.0667. The molecule has 1 aliphatic rings. The molecule has 0 unspecified atom stereocenters. The van der Waals surface area contributed by atoms with Gasteiger partial charge in [-0.05, 0) is 35.0 Å². The topological polar surface area (TPSA) is 115 Å². The molecular weight excluding hydrogens is 386 g/mol. The van der Waals surface area contributed by atoms with Crippen molar-refractivity contribution in [1.29, 1.82) is 0 Å². The summed E-state index contributed by atoms with van der Waals surface area (Å²) in [5.74, 6) is -0.989. The van der Waals surface area contributed by atoms with Crippen molar-refractivity contribution in [2.24, 2.45) is 0 Å². The second-order valence-electron chi connectivity index (χ2n) is 5.20. The Balaban J connectivity index is 2.43. The highest BCUT2D eigenvalue weighted by Gasteiger charge is 2.35. The molecular formula is C15H10BrNO5S. The molecule has 3 rings (SSSR count). The summed E-state index contributed by atoms with van der Waals surface area (Å²) in [6.07, 6.45) is 0. The lowest BCUT2D eigenvalue weighted by atomic mass is 9.82. The van der Waals surface area contributed by atoms with Gasteiger partial charge in [0.2, 0.25) is 0 Å². The van der Waals surface area contributed by atoms with Crippen LogP contribution < -0.4 is 5.73 Å². The van der Waals surface area contributed by atoms with E-state index in [1.807, 2.05) is 0 Å². The maximum absolute atomic E-state index is 12.7. The summed E-state index contributed by atoms with van der Waals surface area (Å²) in [6, 6.07) is 5.83. The second kappa shape index (κ2) is 4.98. The van der Waals surface area contributed by atoms with E-state index in [1.54, 1.807) is 25.1 Å². The van der Waals surface area contributed by atoms with E-state index in [-0.39, 0.29) is 26.7 Å². The average molecular weight is 396 g/mol. The molecule has 0 fully saturated rings. The smallest absolute Gasteiger partial charge is 0.296 e. The van der Waals surface area contributed by atoms with Crippen LogP contribution in [0.15, 0.2) is 33.6 Å². The summed E-state index contributed by atoms with van der Waals surface area (Å²) < 4.78 is 32.2. The predicted molar refractivity (Wildman–Crippen MR) is 86.4 cm³/mol. The molecule has 2 aromatic carbocycles. The molecule has 8 heteroatoms. The lowest BCUT2D eigenvalue weighted by Gasteiger charge is -2.21. The largest absolute Gasteiger partial charge is 0.397 e. The molecule has 0 atom stereocenters. The summed E-state index contributed by atoms with van der Waals surface area (Å²) in [5, 5.41) is 0. The van der Waals surface area contributed by atoms with Gasteiger partial charge in [-0.2, -0.15) is 8.42 Å². The van der Waals surface area contributed by atoms with Crippen molar-refractivity contribution < 1.29 is 22.6 Å². The number of nitrogen functional groups attached to an aromatic ring is 1. The van der Waals surface area contributed by atoms with Crippen molar-refractivity contribution in [3.63, 3.8) is 0 Å². The summed E-state index contributed by atoms with van der Waals surface area (Å²) in [7, 11) is -4.63. The van der Waals surface area contributed by atoms with E-state index in [9.17, 15) is 22.6 Å². The highest BCUT2D eigenvalue weighted by Crippen LogP contribution is 2.38. The third kappa shape index (κ3) is 2.30. The first-order valence-corrected chi connectivity index (χ1v) is 8.65. The van der Waals surface area contributed by atoms with E-state index in [0.717, 1.165) is 11.6 Å². The minimum Gasteiger partial charge on any atom is -0.397 e. The van der Waals surface area contributed by atoms with Crippen LogP contribution in [0.2, 0.25) is 0 Å². The number of aryl methyl sites for hydroxylation is 1. The number of fused-ring (bicyclic) bond motifs is 2. The molecule has 23 heavy (non-hydrogen) atoms. The van der Waals surface area contributed by atoms with Crippen LogP contribution in [0.25, 0.3) is 0 Å². The highest BCUT2D eigenvalue weighted by molar-refractivity contribution is 9.10. The van der Waals surface area contributed by atoms with E-state index >= 15 is 0 Å². The van der Waals surface area contributed by atoms with Crippen LogP contribution in [0.3, 0.4) is 0 Å². The van der Waals surface area contributed by atoms with Crippen LogP contribution >= 0.6 is 15.9 Å². The number of benzene rings is 2. The molecule has 0 aromatic heterocycles. The van der Waals surface area contributed by atoms with Crippen molar-refractivity contribution in [3.05, 3.63) is 56.6 Å². The third-order valence-corrected chi connectivity index (χ3v) is 5.20. The lowest BCUT2D eigenvalue weighted by Crippen LogP contribution is -2.24. The number of nitrogens with two attached hydrogens (primary N) is 1. The van der Waals surface area contributed by atoms with E-state index in [2.05, 4.69) is 15.9 Å². The van der Waals surface area contributed by atoms with Crippen molar-refractivity contribution in [3.8, 4) is 0 Å². The zero-order valence-corrected chi connectivity index (χ0v) is 14.2. The standard InChI is InChI=1S/C15H10BrNO5S/c1-6-2-3-7-8(4-6)15(19)12-11(14(7)18)9(16)5-10(13(12)17)23(20,21)22/h2-5H,17H2,1H3,(H,20,21,22). The van der Waals surface area contributed by atoms with E-state index in [1.165, 1.54) is 0 Å². The SMILES string of the molecule is Cc1ccc2c(c1)C(=O)c1c(N)c(S(=O)(=O)O)cc(Br)c1C2=O. The average Bonchev–Trinajstić information content (AvgIpc) is 2.45. The molecule has 1 aliphatic carbocycles. The highest BCUT2D eigenvalue weighted by atomic mass is 79.9. The fourth-order valence-electron chi connectivity index (χ4n) is 2.63. The normalized spacial score (nSPS) is 13.7. The number of hydrogen-bond acceptors (Lipinski definition) is 5. The predicted octanol–water partition coefficient (Wildman–Crippen LogP) is 2.36. The van der Waals surface area contributed by atoms with E-state index < -0.39 is 32.3 Å². The molecule has 0 spiro atoms. The lowest BCUT2D eigenvalue weighted by molar-refractivity contribution is 0.0979. The van der Waals surface area contributed by atoms with Crippen molar-refractivity contribution >= 4 is 43.3 Å². The van der Waals surface area contributed by atoms with Gasteiger partial charge < -0.3 is 5.73 Å². The molecule has 0 bridgehead atoms. The van der Waals surface area contributed by atoms with Gasteiger partial charge in [0.15, 0.2) is 11.6 Å².